The van der Waals surface area contributed by atoms with E-state index in [0.717, 1.165) is 22.9 Å². The maximum Gasteiger partial charge on any atom is 0.422 e. The molecule has 0 radical (unpaired) electrons. The number of ether oxygens (including phenoxy) is 1. The van der Waals surface area contributed by atoms with Crippen LogP contribution < -0.4 is 10.1 Å². The lowest BCUT2D eigenvalue weighted by molar-refractivity contribution is -0.158. The molecule has 0 saturated heterocycles. The van der Waals surface area contributed by atoms with Gasteiger partial charge in [0.05, 0.1) is 29.1 Å². The van der Waals surface area contributed by atoms with E-state index in [1.165, 1.54) is 0 Å². The number of fused-ring (bicyclic) bond motifs is 1. The molecule has 1 aliphatic heterocycles. The molecule has 37 heavy (non-hydrogen) atoms. The molecule has 5 nitrogen and oxygen atoms in total. The van der Waals surface area contributed by atoms with E-state index < -0.39 is 36.2 Å². The lowest BCUT2D eigenvalue weighted by atomic mass is 9.99. The third kappa shape index (κ3) is 6.28. The first-order valence-electron chi connectivity index (χ1n) is 11.2. The number of alkyl halides is 6. The van der Waals surface area contributed by atoms with Crippen molar-refractivity contribution in [3.8, 4) is 16.9 Å². The number of pyridine rings is 1. The van der Waals surface area contributed by atoms with Crippen molar-refractivity contribution in [2.45, 2.75) is 38.5 Å². The van der Waals surface area contributed by atoms with Gasteiger partial charge in [-0.2, -0.15) is 26.3 Å². The van der Waals surface area contributed by atoms with Crippen LogP contribution in [0.1, 0.15) is 43.0 Å². The number of halogens is 6. The fraction of sp³-hybridized carbons (Fsp3) is 0.269. The summed E-state index contributed by atoms with van der Waals surface area (Å²) in [6.07, 6.45) is -8.41. The van der Waals surface area contributed by atoms with Crippen molar-refractivity contribution in [1.29, 1.82) is 0 Å². The average molecular weight is 521 g/mol. The highest BCUT2D eigenvalue weighted by Crippen LogP contribution is 2.43. The monoisotopic (exact) mass is 521 g/mol. The van der Waals surface area contributed by atoms with Gasteiger partial charge in [-0.3, -0.25) is 9.78 Å². The van der Waals surface area contributed by atoms with Gasteiger partial charge in [-0.1, -0.05) is 38.1 Å². The van der Waals surface area contributed by atoms with E-state index in [1.807, 2.05) is 32.0 Å². The van der Waals surface area contributed by atoms with Crippen molar-refractivity contribution in [1.82, 2.24) is 4.98 Å². The van der Waals surface area contributed by atoms with Crippen LogP contribution in [0, 0.1) is 0 Å². The Hall–Kier alpha value is -3.89. The largest absolute Gasteiger partial charge is 0.483 e. The van der Waals surface area contributed by atoms with Gasteiger partial charge < -0.3 is 10.1 Å². The Morgan fingerprint density at radius 2 is 1.70 bits per heavy atom. The van der Waals surface area contributed by atoms with Gasteiger partial charge in [0.1, 0.15) is 5.75 Å². The van der Waals surface area contributed by atoms with Crippen LogP contribution in [0.3, 0.4) is 0 Å². The number of hydrogen-bond donors (Lipinski definition) is 1. The Bertz CT molecular complexity index is 1350. The van der Waals surface area contributed by atoms with Crippen LogP contribution in [0.4, 0.5) is 37.7 Å². The highest BCUT2D eigenvalue weighted by Gasteiger charge is 2.38. The second-order valence-electron chi connectivity index (χ2n) is 8.76. The topological polar surface area (TPSA) is 63.6 Å². The van der Waals surface area contributed by atoms with E-state index in [2.05, 4.69) is 20.0 Å². The summed E-state index contributed by atoms with van der Waals surface area (Å²) in [7, 11) is 0. The number of rotatable bonds is 5. The first kappa shape index (κ1) is 26.2. The summed E-state index contributed by atoms with van der Waals surface area (Å²) < 4.78 is 83.0. The maximum atomic E-state index is 13.5. The molecule has 2 aromatic carbocycles. The van der Waals surface area contributed by atoms with Crippen molar-refractivity contribution in [3.63, 3.8) is 0 Å². The third-order valence-corrected chi connectivity index (χ3v) is 5.56. The Morgan fingerprint density at radius 1 is 0.973 bits per heavy atom. The fourth-order valence-corrected chi connectivity index (χ4v) is 3.76. The normalized spacial score (nSPS) is 14.1. The third-order valence-electron chi connectivity index (χ3n) is 5.56. The van der Waals surface area contributed by atoms with Gasteiger partial charge in [0, 0.05) is 23.5 Å². The van der Waals surface area contributed by atoms with Crippen molar-refractivity contribution in [2.24, 2.45) is 4.99 Å². The number of carbonyl (C=O) groups excluding carboxylic acids is 1. The number of aromatic nitrogens is 1. The van der Waals surface area contributed by atoms with Gasteiger partial charge in [0.2, 0.25) is 5.91 Å². The predicted octanol–water partition coefficient (Wildman–Crippen LogP) is 7.29. The van der Waals surface area contributed by atoms with Crippen LogP contribution in [0.2, 0.25) is 0 Å². The Balaban J connectivity index is 1.76. The maximum absolute atomic E-state index is 13.5. The molecule has 0 aliphatic carbocycles. The van der Waals surface area contributed by atoms with Crippen LogP contribution >= 0.6 is 0 Å². The van der Waals surface area contributed by atoms with E-state index in [0.29, 0.717) is 11.6 Å². The summed E-state index contributed by atoms with van der Waals surface area (Å²) in [5, 5.41) is 2.36. The van der Waals surface area contributed by atoms with Crippen LogP contribution in [0.25, 0.3) is 11.1 Å². The Kier molecular flexibility index (Phi) is 6.98. The minimum Gasteiger partial charge on any atom is -0.483 e. The Labute approximate surface area is 208 Å². The van der Waals surface area contributed by atoms with E-state index in [4.69, 9.17) is 0 Å². The molecule has 0 saturated carbocycles. The molecule has 4 rings (SSSR count). The summed E-state index contributed by atoms with van der Waals surface area (Å²) in [6.45, 7) is 2.13. The zero-order valence-electron chi connectivity index (χ0n) is 19.7. The Morgan fingerprint density at radius 3 is 2.32 bits per heavy atom. The van der Waals surface area contributed by atoms with E-state index in [-0.39, 0.29) is 29.4 Å². The molecule has 1 amide bonds. The SMILES string of the molecule is CC(C)c1ccc(-c2cccc(C3=Nc4cc(OCC(F)(F)F)c(C(F)(F)F)cc4NC(=O)C3)c2)cn1. The number of hydrogen-bond acceptors (Lipinski definition) is 4. The highest BCUT2D eigenvalue weighted by molar-refractivity contribution is 6.17. The zero-order valence-corrected chi connectivity index (χ0v) is 19.7. The molecule has 0 bridgehead atoms. The molecular weight excluding hydrogens is 500 g/mol. The van der Waals surface area contributed by atoms with Gasteiger partial charge in [-0.25, -0.2) is 4.99 Å². The van der Waals surface area contributed by atoms with Crippen molar-refractivity contribution in [2.75, 3.05) is 11.9 Å². The molecule has 1 N–H and O–H groups in total. The molecule has 194 valence electrons. The van der Waals surface area contributed by atoms with Gasteiger partial charge in [0.25, 0.3) is 0 Å². The minimum absolute atomic E-state index is 0.153. The number of benzene rings is 2. The lowest BCUT2D eigenvalue weighted by Gasteiger charge is -2.17. The predicted molar refractivity (Wildman–Crippen MR) is 126 cm³/mol. The average Bonchev–Trinajstić information content (AvgIpc) is 2.99. The minimum atomic E-state index is -5.02. The zero-order chi connectivity index (χ0) is 27.0. The van der Waals surface area contributed by atoms with E-state index in [9.17, 15) is 31.1 Å². The van der Waals surface area contributed by atoms with Crippen LogP contribution in [-0.4, -0.2) is 29.4 Å². The lowest BCUT2D eigenvalue weighted by Crippen LogP contribution is -2.21. The van der Waals surface area contributed by atoms with Crippen LogP contribution in [-0.2, 0) is 11.0 Å². The van der Waals surface area contributed by atoms with Crippen LogP contribution in [0.15, 0.2) is 59.7 Å². The first-order chi connectivity index (χ1) is 17.3. The second kappa shape index (κ2) is 9.87. The second-order valence-corrected chi connectivity index (χ2v) is 8.76. The van der Waals surface area contributed by atoms with Gasteiger partial charge >= 0.3 is 12.4 Å². The molecule has 11 heteroatoms. The number of nitrogens with one attached hydrogen (secondary N) is 1. The standard InChI is InChI=1S/C26H21F6N3O2/c1-14(2)19-7-6-17(12-33-19)15-4-3-5-16(8-15)20-11-24(36)35-21-9-18(26(30,31)32)23(10-22(21)34-20)37-13-25(27,28)29/h3-10,12,14H,11,13H2,1-2H3,(H,35,36). The molecule has 3 aromatic rings. The molecule has 2 heterocycles. The molecule has 1 aliphatic rings. The molecule has 0 spiro atoms. The molecule has 0 unspecified atom stereocenters. The van der Waals surface area contributed by atoms with Crippen molar-refractivity contribution < 1.29 is 35.9 Å². The van der Waals surface area contributed by atoms with Gasteiger partial charge in [0.15, 0.2) is 6.61 Å². The summed E-state index contributed by atoms with van der Waals surface area (Å²) in [4.78, 5) is 21.3. The van der Waals surface area contributed by atoms with E-state index >= 15 is 0 Å². The van der Waals surface area contributed by atoms with Gasteiger partial charge in [-0.05, 0) is 35.2 Å². The first-order valence-corrected chi connectivity index (χ1v) is 11.2. The number of amides is 1. The number of aliphatic imine (C=N–C) groups is 1. The molecular formula is C26H21F6N3O2. The number of anilines is 1. The molecule has 0 fully saturated rings. The molecule has 0 atom stereocenters. The van der Waals surface area contributed by atoms with E-state index in [1.54, 1.807) is 24.4 Å². The molecule has 1 aromatic heterocycles. The quantitative estimate of drug-likeness (QED) is 0.359. The van der Waals surface area contributed by atoms with Gasteiger partial charge in [-0.15, -0.1) is 0 Å². The van der Waals surface area contributed by atoms with Crippen molar-refractivity contribution in [3.05, 3.63) is 71.5 Å². The number of nitrogens with zero attached hydrogens (tertiary/aromatic N) is 2. The fourth-order valence-electron chi connectivity index (χ4n) is 3.76. The number of carbonyl (C=O) groups is 1. The highest BCUT2D eigenvalue weighted by atomic mass is 19.4. The smallest absolute Gasteiger partial charge is 0.422 e. The summed E-state index contributed by atoms with van der Waals surface area (Å²) in [5.41, 5.74) is 1.36. The van der Waals surface area contributed by atoms with Crippen molar-refractivity contribution >= 4 is 23.0 Å². The van der Waals surface area contributed by atoms with Crippen LogP contribution in [0.5, 0.6) is 5.75 Å². The summed E-state index contributed by atoms with van der Waals surface area (Å²) >= 11 is 0. The summed E-state index contributed by atoms with van der Waals surface area (Å²) in [6, 6.07) is 12.1. The summed E-state index contributed by atoms with van der Waals surface area (Å²) in [5.74, 6) is -1.40.